The fourth-order valence-corrected chi connectivity index (χ4v) is 3.11. The maximum absolute atomic E-state index is 12.6. The zero-order valence-electron chi connectivity index (χ0n) is 14.9. The molecule has 7 nitrogen and oxygen atoms in total. The van der Waals surface area contributed by atoms with Crippen molar-refractivity contribution in [1.82, 2.24) is 20.1 Å². The molecule has 0 fully saturated rings. The first-order valence-corrected chi connectivity index (χ1v) is 9.23. The Kier molecular flexibility index (Phi) is 6.97. The minimum Gasteiger partial charge on any atom is -0.369 e. The summed E-state index contributed by atoms with van der Waals surface area (Å²) in [5.41, 5.74) is 5.79. The molecule has 1 atom stereocenters. The van der Waals surface area contributed by atoms with Crippen molar-refractivity contribution in [3.63, 3.8) is 0 Å². The number of carbonyl (C=O) groups is 2. The summed E-state index contributed by atoms with van der Waals surface area (Å²) < 4.78 is 1.84. The van der Waals surface area contributed by atoms with Crippen molar-refractivity contribution < 1.29 is 9.59 Å². The predicted octanol–water partition coefficient (Wildman–Crippen LogP) is 2.17. The van der Waals surface area contributed by atoms with Crippen molar-refractivity contribution in [2.24, 2.45) is 11.7 Å². The SMILES string of the molecule is C=CCn1c(SCC(N)=O)nnc1C(NC(=O)c1ccccc1)C(C)C. The smallest absolute Gasteiger partial charge is 0.251 e. The van der Waals surface area contributed by atoms with E-state index in [4.69, 9.17) is 5.73 Å². The molecule has 2 aromatic rings. The van der Waals surface area contributed by atoms with E-state index in [1.54, 1.807) is 18.2 Å². The predicted molar refractivity (Wildman–Crippen MR) is 102 cm³/mol. The third kappa shape index (κ3) is 4.95. The lowest BCUT2D eigenvalue weighted by Crippen LogP contribution is -2.33. The number of primary amides is 1. The van der Waals surface area contributed by atoms with Gasteiger partial charge in [0.1, 0.15) is 0 Å². The van der Waals surface area contributed by atoms with Crippen LogP contribution in [0.15, 0.2) is 48.1 Å². The monoisotopic (exact) mass is 373 g/mol. The number of carbonyl (C=O) groups excluding carboxylic acids is 2. The van der Waals surface area contributed by atoms with E-state index in [1.807, 2.05) is 36.6 Å². The zero-order valence-corrected chi connectivity index (χ0v) is 15.7. The highest BCUT2D eigenvalue weighted by Gasteiger charge is 2.26. The largest absolute Gasteiger partial charge is 0.369 e. The van der Waals surface area contributed by atoms with Crippen molar-refractivity contribution in [2.75, 3.05) is 5.75 Å². The second kappa shape index (κ2) is 9.19. The second-order valence-electron chi connectivity index (χ2n) is 6.06. The van der Waals surface area contributed by atoms with Gasteiger partial charge in [0.15, 0.2) is 11.0 Å². The number of allylic oxidation sites excluding steroid dienone is 1. The van der Waals surface area contributed by atoms with Gasteiger partial charge in [-0.25, -0.2) is 0 Å². The van der Waals surface area contributed by atoms with Gasteiger partial charge < -0.3 is 15.6 Å². The van der Waals surface area contributed by atoms with E-state index in [9.17, 15) is 9.59 Å². The maximum atomic E-state index is 12.6. The van der Waals surface area contributed by atoms with E-state index in [0.717, 1.165) is 0 Å². The molecule has 0 aliphatic rings. The third-order valence-electron chi connectivity index (χ3n) is 3.67. The van der Waals surface area contributed by atoms with Crippen LogP contribution in [0.25, 0.3) is 0 Å². The highest BCUT2D eigenvalue weighted by Crippen LogP contribution is 2.25. The second-order valence-corrected chi connectivity index (χ2v) is 7.00. The summed E-state index contributed by atoms with van der Waals surface area (Å²) >= 11 is 1.21. The number of rotatable bonds is 9. The van der Waals surface area contributed by atoms with Crippen molar-refractivity contribution in [1.29, 1.82) is 0 Å². The van der Waals surface area contributed by atoms with Gasteiger partial charge in [0, 0.05) is 12.1 Å². The summed E-state index contributed by atoms with van der Waals surface area (Å²) in [5.74, 6) is 0.213. The summed E-state index contributed by atoms with van der Waals surface area (Å²) in [6.45, 7) is 8.23. The average Bonchev–Trinajstić information content (AvgIpc) is 3.01. The van der Waals surface area contributed by atoms with Crippen molar-refractivity contribution >= 4 is 23.6 Å². The highest BCUT2D eigenvalue weighted by molar-refractivity contribution is 7.99. The quantitative estimate of drug-likeness (QED) is 0.518. The van der Waals surface area contributed by atoms with Gasteiger partial charge in [-0.15, -0.1) is 16.8 Å². The summed E-state index contributed by atoms with van der Waals surface area (Å²) in [7, 11) is 0. The molecular formula is C18H23N5O2S. The topological polar surface area (TPSA) is 103 Å². The van der Waals surface area contributed by atoms with E-state index in [2.05, 4.69) is 22.1 Å². The molecule has 1 heterocycles. The van der Waals surface area contributed by atoms with E-state index in [0.29, 0.717) is 23.1 Å². The van der Waals surface area contributed by atoms with Gasteiger partial charge in [-0.1, -0.05) is 49.9 Å². The van der Waals surface area contributed by atoms with Crippen LogP contribution < -0.4 is 11.1 Å². The number of amides is 2. The van der Waals surface area contributed by atoms with Gasteiger partial charge in [0.25, 0.3) is 5.91 Å². The van der Waals surface area contributed by atoms with E-state index >= 15 is 0 Å². The normalized spacial score (nSPS) is 12.0. The Morgan fingerprint density at radius 3 is 2.58 bits per heavy atom. The first-order valence-electron chi connectivity index (χ1n) is 8.25. The lowest BCUT2D eigenvalue weighted by molar-refractivity contribution is -0.115. The number of hydrogen-bond donors (Lipinski definition) is 2. The average molecular weight is 373 g/mol. The van der Waals surface area contributed by atoms with E-state index in [1.165, 1.54) is 11.8 Å². The molecule has 1 aromatic carbocycles. The van der Waals surface area contributed by atoms with Gasteiger partial charge in [0.2, 0.25) is 5.91 Å². The Morgan fingerprint density at radius 1 is 1.31 bits per heavy atom. The molecule has 3 N–H and O–H groups in total. The molecule has 0 bridgehead atoms. The highest BCUT2D eigenvalue weighted by atomic mass is 32.2. The minimum absolute atomic E-state index is 0.0874. The van der Waals surface area contributed by atoms with Crippen LogP contribution >= 0.6 is 11.8 Å². The van der Waals surface area contributed by atoms with Gasteiger partial charge in [-0.2, -0.15) is 0 Å². The van der Waals surface area contributed by atoms with Crippen LogP contribution in [-0.4, -0.2) is 32.3 Å². The Labute approximate surface area is 157 Å². The first-order chi connectivity index (χ1) is 12.4. The summed E-state index contributed by atoms with van der Waals surface area (Å²) in [6, 6.07) is 8.68. The van der Waals surface area contributed by atoms with Crippen LogP contribution in [0.4, 0.5) is 0 Å². The molecule has 0 radical (unpaired) electrons. The standard InChI is InChI=1S/C18H23N5O2S/c1-4-10-23-16(21-22-18(23)26-11-14(19)24)15(12(2)3)20-17(25)13-8-6-5-7-9-13/h4-9,12,15H,1,10-11H2,2-3H3,(H2,19,24)(H,20,25). The zero-order chi connectivity index (χ0) is 19.1. The molecule has 2 amide bonds. The van der Waals surface area contributed by atoms with Gasteiger partial charge >= 0.3 is 0 Å². The third-order valence-corrected chi connectivity index (χ3v) is 4.66. The van der Waals surface area contributed by atoms with E-state index < -0.39 is 5.91 Å². The van der Waals surface area contributed by atoms with Crippen molar-refractivity contribution in [3.05, 3.63) is 54.4 Å². The summed E-state index contributed by atoms with van der Waals surface area (Å²) in [6.07, 6.45) is 1.72. The molecular weight excluding hydrogens is 350 g/mol. The molecule has 0 spiro atoms. The Balaban J connectivity index is 2.29. The van der Waals surface area contributed by atoms with Crippen LogP contribution in [0.1, 0.15) is 36.1 Å². The fourth-order valence-electron chi connectivity index (χ4n) is 2.42. The molecule has 2 rings (SSSR count). The molecule has 8 heteroatoms. The number of benzene rings is 1. The first kappa shape index (κ1) is 19.7. The fraction of sp³-hybridized carbons (Fsp3) is 0.333. The maximum Gasteiger partial charge on any atom is 0.251 e. The van der Waals surface area contributed by atoms with Crippen molar-refractivity contribution in [2.45, 2.75) is 31.6 Å². The molecule has 1 aromatic heterocycles. The number of nitrogens with one attached hydrogen (secondary N) is 1. The Hall–Kier alpha value is -2.61. The van der Waals surface area contributed by atoms with Crippen LogP contribution in [0, 0.1) is 5.92 Å². The van der Waals surface area contributed by atoms with Gasteiger partial charge in [-0.05, 0) is 18.1 Å². The number of hydrogen-bond acceptors (Lipinski definition) is 5. The Morgan fingerprint density at radius 2 is 2.00 bits per heavy atom. The van der Waals surface area contributed by atoms with Crippen LogP contribution in [0.5, 0.6) is 0 Å². The van der Waals surface area contributed by atoms with Crippen LogP contribution in [-0.2, 0) is 11.3 Å². The minimum atomic E-state index is -0.428. The molecule has 0 saturated carbocycles. The van der Waals surface area contributed by atoms with Crippen molar-refractivity contribution in [3.8, 4) is 0 Å². The molecule has 0 saturated heterocycles. The van der Waals surface area contributed by atoms with E-state index in [-0.39, 0.29) is 23.6 Å². The summed E-state index contributed by atoms with van der Waals surface area (Å²) in [5, 5.41) is 12.0. The molecule has 0 aliphatic carbocycles. The molecule has 0 aliphatic heterocycles. The van der Waals surface area contributed by atoms with Gasteiger partial charge in [-0.3, -0.25) is 9.59 Å². The number of nitrogens with zero attached hydrogens (tertiary/aromatic N) is 3. The number of nitrogens with two attached hydrogens (primary N) is 1. The molecule has 1 unspecified atom stereocenters. The molecule has 26 heavy (non-hydrogen) atoms. The lowest BCUT2D eigenvalue weighted by atomic mass is 10.0. The van der Waals surface area contributed by atoms with Crippen LogP contribution in [0.3, 0.4) is 0 Å². The number of aromatic nitrogens is 3. The Bertz CT molecular complexity index is 773. The lowest BCUT2D eigenvalue weighted by Gasteiger charge is -2.22. The summed E-state index contributed by atoms with van der Waals surface area (Å²) in [4.78, 5) is 23.6. The molecule has 138 valence electrons. The number of thioether (sulfide) groups is 1. The van der Waals surface area contributed by atoms with Gasteiger partial charge in [0.05, 0.1) is 11.8 Å². The van der Waals surface area contributed by atoms with Crippen LogP contribution in [0.2, 0.25) is 0 Å².